The van der Waals surface area contributed by atoms with E-state index in [0.29, 0.717) is 28.5 Å². The summed E-state index contributed by atoms with van der Waals surface area (Å²) in [6.07, 6.45) is -1.12. The minimum Gasteiger partial charge on any atom is -0.484 e. The topological polar surface area (TPSA) is 200 Å². The monoisotopic (exact) mass is 689 g/mol. The molecule has 0 aliphatic carbocycles. The number of hydrogen-bond donors (Lipinski definition) is 4. The lowest BCUT2D eigenvalue weighted by Crippen LogP contribution is -2.27. The van der Waals surface area contributed by atoms with Gasteiger partial charge in [0.1, 0.15) is 21.9 Å². The number of anilines is 4. The number of nitrogens with zero attached hydrogens (tertiary/aromatic N) is 1. The molecule has 264 valence electrons. The van der Waals surface area contributed by atoms with Crippen molar-refractivity contribution in [2.75, 3.05) is 27.9 Å². The minimum atomic E-state index is -0.728. The normalized spacial score (nSPS) is 10.8. The molecule has 0 bridgehead atoms. The third-order valence-electron chi connectivity index (χ3n) is 5.71. The molecule has 1 heterocycles. The highest BCUT2D eigenvalue weighted by Crippen LogP contribution is 2.20. The summed E-state index contributed by atoms with van der Waals surface area (Å²) >= 11 is 0. The van der Waals surface area contributed by atoms with Gasteiger partial charge in [-0.3, -0.25) is 30.3 Å². The Morgan fingerprint density at radius 1 is 0.640 bits per heavy atom. The van der Waals surface area contributed by atoms with Crippen molar-refractivity contribution in [3.8, 4) is 5.75 Å². The molecule has 0 radical (unpaired) electrons. The van der Waals surface area contributed by atoms with E-state index in [2.05, 4.69) is 21.3 Å². The van der Waals surface area contributed by atoms with Crippen LogP contribution in [0.25, 0.3) is 0 Å². The summed E-state index contributed by atoms with van der Waals surface area (Å²) in [6, 6.07) is 24.4. The summed E-state index contributed by atoms with van der Waals surface area (Å²) < 4.78 is 20.5. The number of rotatable bonds is 9. The van der Waals surface area contributed by atoms with E-state index in [1.807, 2.05) is 18.2 Å². The molecule has 50 heavy (non-hydrogen) atoms. The molecule has 1 aromatic heterocycles. The molecule has 0 aliphatic heterocycles. The van der Waals surface area contributed by atoms with Gasteiger partial charge in [0.25, 0.3) is 11.8 Å². The van der Waals surface area contributed by atoms with Crippen LogP contribution < -0.4 is 26.0 Å². The van der Waals surface area contributed by atoms with Crippen molar-refractivity contribution in [2.24, 2.45) is 0 Å². The van der Waals surface area contributed by atoms with Crippen molar-refractivity contribution >= 4 is 52.6 Å². The first-order valence-corrected chi connectivity index (χ1v) is 15.2. The number of benzene rings is 3. The first kappa shape index (κ1) is 38.1. The average molecular weight is 690 g/mol. The lowest BCUT2D eigenvalue weighted by Gasteiger charge is -2.19. The van der Waals surface area contributed by atoms with E-state index < -0.39 is 40.1 Å². The van der Waals surface area contributed by atoms with Crippen LogP contribution in [0.3, 0.4) is 0 Å². The highest BCUT2D eigenvalue weighted by atomic mass is 16.6. The molecule has 0 spiro atoms. The zero-order valence-corrected chi connectivity index (χ0v) is 28.4. The third-order valence-corrected chi connectivity index (χ3v) is 5.71. The average Bonchev–Trinajstić information content (AvgIpc) is 3.52. The fourth-order valence-electron chi connectivity index (χ4n) is 3.72. The number of carbonyl (C=O) groups is 4. The molecule has 15 nitrogen and oxygen atoms in total. The quantitative estimate of drug-likeness (QED) is 0.0991. The molecule has 0 saturated heterocycles. The molecule has 0 aliphatic rings. The zero-order valence-electron chi connectivity index (χ0n) is 28.4. The Kier molecular flexibility index (Phi) is 13.1. The van der Waals surface area contributed by atoms with Gasteiger partial charge in [-0.15, -0.1) is 0 Å². The van der Waals surface area contributed by atoms with Crippen LogP contribution in [0, 0.1) is 10.1 Å². The maximum absolute atomic E-state index is 12.0. The number of nitro groups is 1. The summed E-state index contributed by atoms with van der Waals surface area (Å²) in [5.74, 6) is -0.947. The number of furan rings is 1. The van der Waals surface area contributed by atoms with Crippen LogP contribution in [0.4, 0.5) is 38.2 Å². The van der Waals surface area contributed by atoms with Crippen molar-refractivity contribution < 1.29 is 42.7 Å². The van der Waals surface area contributed by atoms with E-state index in [1.54, 1.807) is 102 Å². The molecule has 4 amide bonds. The van der Waals surface area contributed by atoms with Crippen LogP contribution in [0.2, 0.25) is 0 Å². The van der Waals surface area contributed by atoms with Crippen LogP contribution in [-0.4, -0.2) is 46.7 Å². The minimum absolute atomic E-state index is 0.0814. The Bertz CT molecular complexity index is 1760. The Morgan fingerprint density at radius 2 is 1.08 bits per heavy atom. The summed E-state index contributed by atoms with van der Waals surface area (Å²) in [4.78, 5) is 57.0. The largest absolute Gasteiger partial charge is 0.484 e. The van der Waals surface area contributed by atoms with Crippen LogP contribution in [0.1, 0.15) is 52.1 Å². The highest BCUT2D eigenvalue weighted by Gasteiger charge is 2.19. The number of para-hydroxylation sites is 1. The second-order valence-corrected chi connectivity index (χ2v) is 12.4. The van der Waals surface area contributed by atoms with Crippen LogP contribution in [0.15, 0.2) is 95.4 Å². The number of carbonyl (C=O) groups excluding carboxylic acids is 4. The predicted molar refractivity (Wildman–Crippen MR) is 186 cm³/mol. The molecule has 0 unspecified atom stereocenters. The van der Waals surface area contributed by atoms with Crippen molar-refractivity contribution in [3.63, 3.8) is 0 Å². The first-order valence-electron chi connectivity index (χ1n) is 15.2. The van der Waals surface area contributed by atoms with E-state index in [9.17, 15) is 29.3 Å². The molecule has 0 atom stereocenters. The zero-order chi connectivity index (χ0) is 36.9. The molecule has 0 saturated carbocycles. The van der Waals surface area contributed by atoms with Gasteiger partial charge in [0, 0.05) is 22.7 Å². The van der Waals surface area contributed by atoms with Crippen LogP contribution in [-0.2, 0) is 14.3 Å². The number of hydrogen-bond acceptors (Lipinski definition) is 10. The smallest absolute Gasteiger partial charge is 0.433 e. The van der Waals surface area contributed by atoms with Crippen molar-refractivity contribution in [2.45, 2.75) is 52.7 Å². The summed E-state index contributed by atoms with van der Waals surface area (Å²) in [7, 11) is 0. The maximum Gasteiger partial charge on any atom is 0.433 e. The van der Waals surface area contributed by atoms with E-state index in [1.165, 1.54) is 6.07 Å². The molecular formula is C35H39N5O10. The van der Waals surface area contributed by atoms with Crippen molar-refractivity contribution in [3.05, 3.63) is 107 Å². The summed E-state index contributed by atoms with van der Waals surface area (Å²) in [5.41, 5.74) is 0.935. The Hall–Kier alpha value is -6.38. The number of amides is 4. The summed E-state index contributed by atoms with van der Waals surface area (Å²) in [6.45, 7) is 10.6. The van der Waals surface area contributed by atoms with Crippen LogP contribution in [0.5, 0.6) is 5.75 Å². The van der Waals surface area contributed by atoms with Gasteiger partial charge in [0.2, 0.25) is 0 Å². The van der Waals surface area contributed by atoms with Gasteiger partial charge in [-0.1, -0.05) is 18.2 Å². The second-order valence-electron chi connectivity index (χ2n) is 12.4. The molecule has 4 N–H and O–H groups in total. The van der Waals surface area contributed by atoms with Crippen molar-refractivity contribution in [1.29, 1.82) is 0 Å². The predicted octanol–water partition coefficient (Wildman–Crippen LogP) is 7.84. The maximum atomic E-state index is 12.0. The molecule has 4 rings (SSSR count). The second kappa shape index (κ2) is 17.1. The summed E-state index contributed by atoms with van der Waals surface area (Å²) in [5, 5.41) is 21.0. The van der Waals surface area contributed by atoms with E-state index in [4.69, 9.17) is 18.6 Å². The molecule has 3 aromatic carbocycles. The highest BCUT2D eigenvalue weighted by molar-refractivity contribution is 6.02. The SMILES string of the molecule is CC(C)(C)OC(=O)Nc1ccc(NC(=O)COc2ccccc2)cc1.CC(C)(C)OC(=O)Nc1ccc(NC(=O)c2ccc([N+](=O)[O-])o2)cc1. The van der Waals surface area contributed by atoms with Gasteiger partial charge in [-0.05, 0) is 108 Å². The van der Waals surface area contributed by atoms with E-state index in [-0.39, 0.29) is 18.3 Å². The Morgan fingerprint density at radius 3 is 1.50 bits per heavy atom. The Labute approximate surface area is 288 Å². The van der Waals surface area contributed by atoms with Gasteiger partial charge >= 0.3 is 18.1 Å². The molecule has 4 aromatic rings. The lowest BCUT2D eigenvalue weighted by molar-refractivity contribution is -0.402. The van der Waals surface area contributed by atoms with Crippen molar-refractivity contribution in [1.82, 2.24) is 0 Å². The van der Waals surface area contributed by atoms with E-state index in [0.717, 1.165) is 6.07 Å². The molecule has 15 heteroatoms. The fourth-order valence-corrected chi connectivity index (χ4v) is 3.72. The first-order chi connectivity index (χ1) is 23.5. The van der Waals surface area contributed by atoms with Gasteiger partial charge in [0.05, 0.1) is 6.07 Å². The van der Waals surface area contributed by atoms with Gasteiger partial charge in [-0.2, -0.15) is 0 Å². The Balaban J connectivity index is 0.000000270. The van der Waals surface area contributed by atoms with Gasteiger partial charge in [0.15, 0.2) is 12.4 Å². The van der Waals surface area contributed by atoms with Gasteiger partial charge in [-0.25, -0.2) is 9.59 Å². The lowest BCUT2D eigenvalue weighted by atomic mass is 10.2. The standard InChI is InChI=1S/C19H22N2O4.C16H17N3O6/c1-19(2,3)25-18(23)21-15-11-9-14(10-12-15)20-17(22)13-24-16-7-5-4-6-8-16;1-16(2,3)25-15(21)18-11-6-4-10(5-7-11)17-14(20)12-8-9-13(24-12)19(22)23/h4-12H,13H2,1-3H3,(H,20,22)(H,21,23);4-9H,1-3H3,(H,17,20)(H,18,21). The molecule has 0 fully saturated rings. The van der Waals surface area contributed by atoms with Gasteiger partial charge < -0.3 is 29.3 Å². The third kappa shape index (κ3) is 14.2. The van der Waals surface area contributed by atoms with Crippen LogP contribution >= 0.6 is 0 Å². The molecular weight excluding hydrogens is 650 g/mol. The fraction of sp³-hybridized carbons (Fsp3) is 0.257. The number of nitrogens with one attached hydrogen (secondary N) is 4. The number of ether oxygens (including phenoxy) is 3. The van der Waals surface area contributed by atoms with E-state index >= 15 is 0 Å².